The van der Waals surface area contributed by atoms with E-state index in [1.165, 1.54) is 29.5 Å². The Morgan fingerprint density at radius 3 is 2.39 bits per heavy atom. The quantitative estimate of drug-likeness (QED) is 0.374. The number of benzene rings is 2. The highest BCUT2D eigenvalue weighted by Crippen LogP contribution is 2.35. The summed E-state index contributed by atoms with van der Waals surface area (Å²) in [6, 6.07) is 25.3. The van der Waals surface area contributed by atoms with Gasteiger partial charge in [0.25, 0.3) is 0 Å². The van der Waals surface area contributed by atoms with Crippen LogP contribution in [0.1, 0.15) is 50.0 Å². The largest absolute Gasteiger partial charge is 0.303 e. The highest BCUT2D eigenvalue weighted by molar-refractivity contribution is 5.91. The zero-order chi connectivity index (χ0) is 22.9. The van der Waals surface area contributed by atoms with E-state index in [9.17, 15) is 4.79 Å². The van der Waals surface area contributed by atoms with E-state index >= 15 is 0 Å². The molecular weight excluding hydrogens is 406 g/mol. The van der Waals surface area contributed by atoms with Crippen LogP contribution in [0.15, 0.2) is 79.0 Å². The third kappa shape index (κ3) is 6.29. The topological polar surface area (TPSA) is 36.4 Å². The average molecular weight is 442 g/mol. The van der Waals surface area contributed by atoms with Gasteiger partial charge in [0.1, 0.15) is 5.82 Å². The van der Waals surface area contributed by atoms with E-state index in [1.807, 2.05) is 25.2 Å². The molecule has 3 aromatic rings. The Hall–Kier alpha value is -2.98. The predicted molar refractivity (Wildman–Crippen MR) is 136 cm³/mol. The first-order chi connectivity index (χ1) is 16.2. The molecule has 1 aromatic heterocycles. The molecule has 1 amide bonds. The minimum atomic E-state index is 0.145. The van der Waals surface area contributed by atoms with Crippen LogP contribution >= 0.6 is 0 Å². The monoisotopic (exact) mass is 441 g/mol. The van der Waals surface area contributed by atoms with Gasteiger partial charge in [0, 0.05) is 19.7 Å². The fourth-order valence-electron chi connectivity index (χ4n) is 4.84. The Labute approximate surface area is 198 Å². The Bertz CT molecular complexity index is 998. The summed E-state index contributed by atoms with van der Waals surface area (Å²) in [6.45, 7) is 3.46. The van der Waals surface area contributed by atoms with Crippen LogP contribution in [0.4, 0.5) is 5.82 Å². The lowest BCUT2D eigenvalue weighted by Gasteiger charge is -2.33. The maximum absolute atomic E-state index is 12.4. The molecule has 0 spiro atoms. The van der Waals surface area contributed by atoms with Crippen LogP contribution in [0.25, 0.3) is 11.1 Å². The number of aromatic nitrogens is 1. The second-order valence-corrected chi connectivity index (χ2v) is 9.02. The zero-order valence-corrected chi connectivity index (χ0v) is 19.7. The molecule has 4 nitrogen and oxygen atoms in total. The van der Waals surface area contributed by atoms with E-state index in [-0.39, 0.29) is 5.91 Å². The number of unbranched alkanes of at least 4 members (excludes halogenated alkanes) is 2. The molecule has 1 aliphatic heterocycles. The first-order valence-electron chi connectivity index (χ1n) is 12.3. The molecule has 4 heteroatoms. The van der Waals surface area contributed by atoms with E-state index in [4.69, 9.17) is 0 Å². The van der Waals surface area contributed by atoms with Gasteiger partial charge in [-0.25, -0.2) is 4.98 Å². The van der Waals surface area contributed by atoms with Crippen molar-refractivity contribution in [3.63, 3.8) is 0 Å². The van der Waals surface area contributed by atoms with Gasteiger partial charge in [-0.15, -0.1) is 0 Å². The third-order valence-electron chi connectivity index (χ3n) is 6.81. The Morgan fingerprint density at radius 1 is 0.909 bits per heavy atom. The van der Waals surface area contributed by atoms with Crippen LogP contribution in [0, 0.1) is 0 Å². The van der Waals surface area contributed by atoms with Gasteiger partial charge in [-0.05, 0) is 80.1 Å². The lowest BCUT2D eigenvalue weighted by Crippen LogP contribution is -2.33. The van der Waals surface area contributed by atoms with Gasteiger partial charge in [0.2, 0.25) is 5.91 Å². The molecular formula is C29H35N3O. The van der Waals surface area contributed by atoms with Crippen LogP contribution in [-0.2, 0) is 4.79 Å². The van der Waals surface area contributed by atoms with Crippen molar-refractivity contribution in [3.05, 3.63) is 84.6 Å². The molecule has 33 heavy (non-hydrogen) atoms. The molecule has 1 saturated heterocycles. The number of amides is 1. The van der Waals surface area contributed by atoms with Crippen molar-refractivity contribution in [3.8, 4) is 11.1 Å². The summed E-state index contributed by atoms with van der Waals surface area (Å²) < 4.78 is 0. The van der Waals surface area contributed by atoms with E-state index in [2.05, 4.69) is 64.5 Å². The summed E-state index contributed by atoms with van der Waals surface area (Å²) in [4.78, 5) is 20.9. The molecule has 2 heterocycles. The smallest absolute Gasteiger partial charge is 0.227 e. The number of carbonyl (C=O) groups is 1. The number of carbonyl (C=O) groups excluding carboxylic acids is 1. The molecule has 0 N–H and O–H groups in total. The van der Waals surface area contributed by atoms with Crippen molar-refractivity contribution in [2.75, 3.05) is 31.6 Å². The maximum atomic E-state index is 12.4. The van der Waals surface area contributed by atoms with Crippen molar-refractivity contribution in [1.82, 2.24) is 9.88 Å². The van der Waals surface area contributed by atoms with E-state index in [1.54, 1.807) is 11.1 Å². The number of piperidine rings is 1. The Kier molecular flexibility index (Phi) is 8.26. The summed E-state index contributed by atoms with van der Waals surface area (Å²) >= 11 is 0. The average Bonchev–Trinajstić information content (AvgIpc) is 2.89. The summed E-state index contributed by atoms with van der Waals surface area (Å²) in [5.74, 6) is 1.50. The van der Waals surface area contributed by atoms with Gasteiger partial charge >= 0.3 is 0 Å². The standard InChI is InChI=1S/C29H35N3O/c1-31(28-16-9-10-20-30-28)29(33)17-6-3-11-21-32-22-18-25(19-23-32)27-15-8-7-14-26(27)24-12-4-2-5-13-24/h2,4-5,7-10,12-16,20,25H,3,6,11,17-19,21-23H2,1H3. The fraction of sp³-hybridized carbons (Fsp3) is 0.379. The van der Waals surface area contributed by atoms with Crippen molar-refractivity contribution >= 4 is 11.7 Å². The molecule has 0 saturated carbocycles. The SMILES string of the molecule is CN(C(=O)CCCCCN1CCC(c2ccccc2-c2ccccc2)CC1)c1ccccn1. The van der Waals surface area contributed by atoms with E-state index < -0.39 is 0 Å². The van der Waals surface area contributed by atoms with Crippen molar-refractivity contribution in [2.45, 2.75) is 44.4 Å². The maximum Gasteiger partial charge on any atom is 0.227 e. The number of nitrogens with zero attached hydrogens (tertiary/aromatic N) is 3. The first kappa shape index (κ1) is 23.2. The molecule has 1 fully saturated rings. The molecule has 0 unspecified atom stereocenters. The first-order valence-corrected chi connectivity index (χ1v) is 12.3. The van der Waals surface area contributed by atoms with Crippen molar-refractivity contribution in [2.24, 2.45) is 0 Å². The fourth-order valence-corrected chi connectivity index (χ4v) is 4.84. The molecule has 2 aromatic carbocycles. The summed E-state index contributed by atoms with van der Waals surface area (Å²) in [5, 5.41) is 0. The Balaban J connectivity index is 1.18. The van der Waals surface area contributed by atoms with Crippen LogP contribution in [0.2, 0.25) is 0 Å². The second kappa shape index (κ2) is 11.8. The number of likely N-dealkylation sites (tertiary alicyclic amines) is 1. The number of pyridine rings is 1. The number of anilines is 1. The molecule has 172 valence electrons. The minimum absolute atomic E-state index is 0.145. The van der Waals surface area contributed by atoms with Crippen LogP contribution in [-0.4, -0.2) is 42.5 Å². The van der Waals surface area contributed by atoms with Gasteiger partial charge in [-0.1, -0.05) is 67.1 Å². The van der Waals surface area contributed by atoms with Crippen LogP contribution in [0.3, 0.4) is 0 Å². The van der Waals surface area contributed by atoms with Gasteiger partial charge in [0.15, 0.2) is 0 Å². The van der Waals surface area contributed by atoms with Crippen molar-refractivity contribution in [1.29, 1.82) is 0 Å². The van der Waals surface area contributed by atoms with Gasteiger partial charge in [0.05, 0.1) is 0 Å². The highest BCUT2D eigenvalue weighted by atomic mass is 16.2. The highest BCUT2D eigenvalue weighted by Gasteiger charge is 2.22. The second-order valence-electron chi connectivity index (χ2n) is 9.02. The van der Waals surface area contributed by atoms with Crippen molar-refractivity contribution < 1.29 is 4.79 Å². The van der Waals surface area contributed by atoms with Crippen LogP contribution < -0.4 is 4.90 Å². The van der Waals surface area contributed by atoms with Crippen LogP contribution in [0.5, 0.6) is 0 Å². The van der Waals surface area contributed by atoms with Gasteiger partial charge < -0.3 is 4.90 Å². The Morgan fingerprint density at radius 2 is 1.64 bits per heavy atom. The third-order valence-corrected chi connectivity index (χ3v) is 6.81. The molecule has 1 aliphatic rings. The lowest BCUT2D eigenvalue weighted by atomic mass is 9.84. The van der Waals surface area contributed by atoms with Gasteiger partial charge in [-0.2, -0.15) is 0 Å². The molecule has 0 atom stereocenters. The predicted octanol–water partition coefficient (Wildman–Crippen LogP) is 6.15. The van der Waals surface area contributed by atoms with Gasteiger partial charge in [-0.3, -0.25) is 9.69 Å². The summed E-state index contributed by atoms with van der Waals surface area (Å²) in [6.07, 6.45) is 7.95. The number of hydrogen-bond donors (Lipinski definition) is 0. The molecule has 4 rings (SSSR count). The molecule has 0 radical (unpaired) electrons. The minimum Gasteiger partial charge on any atom is -0.303 e. The summed E-state index contributed by atoms with van der Waals surface area (Å²) in [7, 11) is 1.81. The zero-order valence-electron chi connectivity index (χ0n) is 19.7. The summed E-state index contributed by atoms with van der Waals surface area (Å²) in [5.41, 5.74) is 4.20. The normalized spacial score (nSPS) is 14.8. The number of hydrogen-bond acceptors (Lipinski definition) is 3. The lowest BCUT2D eigenvalue weighted by molar-refractivity contribution is -0.118. The molecule has 0 aliphatic carbocycles. The number of rotatable bonds is 9. The van der Waals surface area contributed by atoms with E-state index in [0.717, 1.165) is 44.7 Å². The van der Waals surface area contributed by atoms with E-state index in [0.29, 0.717) is 12.3 Å². The molecule has 0 bridgehead atoms.